The number of carbonyl (C=O) groups excluding carboxylic acids is 2. The summed E-state index contributed by atoms with van der Waals surface area (Å²) >= 11 is 0. The van der Waals surface area contributed by atoms with Crippen molar-refractivity contribution in [2.75, 3.05) is 0 Å². The van der Waals surface area contributed by atoms with E-state index in [1.165, 1.54) is 12.5 Å². The van der Waals surface area contributed by atoms with Crippen LogP contribution in [0.1, 0.15) is 25.1 Å². The molecule has 9 heteroatoms. The number of imidazole rings is 1. The summed E-state index contributed by atoms with van der Waals surface area (Å²) in [5, 5.41) is 14.6. The van der Waals surface area contributed by atoms with Gasteiger partial charge in [0.2, 0.25) is 11.8 Å². The van der Waals surface area contributed by atoms with Crippen LogP contribution in [0.5, 0.6) is 0 Å². The number of aliphatic carboxylic acids is 1. The average molecular weight is 401 g/mol. The SMILES string of the molecule is CC(C)C(NC(=O)C(N)Cc1ccccc1)C(=O)NC(Cc1cnc[nH]1)C(=O)O. The summed E-state index contributed by atoms with van der Waals surface area (Å²) in [7, 11) is 0. The Morgan fingerprint density at radius 3 is 2.34 bits per heavy atom. The van der Waals surface area contributed by atoms with Crippen LogP contribution in [0.3, 0.4) is 0 Å². The Morgan fingerprint density at radius 2 is 1.79 bits per heavy atom. The lowest BCUT2D eigenvalue weighted by molar-refractivity contribution is -0.142. The number of nitrogens with zero attached hydrogens (tertiary/aromatic N) is 1. The van der Waals surface area contributed by atoms with Crippen LogP contribution < -0.4 is 16.4 Å². The molecule has 0 aliphatic heterocycles. The number of carbonyl (C=O) groups is 3. The number of nitrogens with two attached hydrogens (primary N) is 1. The van der Waals surface area contributed by atoms with Gasteiger partial charge in [0.15, 0.2) is 0 Å². The van der Waals surface area contributed by atoms with Crippen LogP contribution in [0.2, 0.25) is 0 Å². The van der Waals surface area contributed by atoms with Crippen molar-refractivity contribution in [2.45, 2.75) is 44.8 Å². The molecule has 1 heterocycles. The van der Waals surface area contributed by atoms with Gasteiger partial charge in [-0.2, -0.15) is 0 Å². The number of amides is 2. The van der Waals surface area contributed by atoms with Gasteiger partial charge < -0.3 is 26.5 Å². The third-order valence-corrected chi connectivity index (χ3v) is 4.48. The zero-order chi connectivity index (χ0) is 21.4. The van der Waals surface area contributed by atoms with Crippen LogP contribution in [0.15, 0.2) is 42.9 Å². The molecular weight excluding hydrogens is 374 g/mol. The number of hydrogen-bond donors (Lipinski definition) is 5. The minimum Gasteiger partial charge on any atom is -0.480 e. The molecule has 0 aliphatic carbocycles. The number of carboxylic acid groups (broad SMARTS) is 1. The standard InChI is InChI=1S/C20H27N5O4/c1-12(2)17(25-18(26)15(21)8-13-6-4-3-5-7-13)19(27)24-16(20(28)29)9-14-10-22-11-23-14/h3-7,10-12,15-17H,8-9,21H2,1-2H3,(H,22,23)(H,24,27)(H,25,26)(H,28,29). The van der Waals surface area contributed by atoms with Crippen LogP contribution >= 0.6 is 0 Å². The Morgan fingerprint density at radius 1 is 1.10 bits per heavy atom. The van der Waals surface area contributed by atoms with E-state index in [0.29, 0.717) is 12.1 Å². The van der Waals surface area contributed by atoms with Crippen molar-refractivity contribution in [3.8, 4) is 0 Å². The molecule has 29 heavy (non-hydrogen) atoms. The first-order chi connectivity index (χ1) is 13.8. The highest BCUT2D eigenvalue weighted by molar-refractivity contribution is 5.92. The van der Waals surface area contributed by atoms with Gasteiger partial charge in [0.05, 0.1) is 12.4 Å². The van der Waals surface area contributed by atoms with Crippen LogP contribution in [-0.2, 0) is 27.2 Å². The van der Waals surface area contributed by atoms with Crippen LogP contribution in [-0.4, -0.2) is 51.0 Å². The fourth-order valence-electron chi connectivity index (χ4n) is 2.83. The maximum atomic E-state index is 12.7. The fourth-order valence-corrected chi connectivity index (χ4v) is 2.83. The number of aromatic amines is 1. The molecule has 156 valence electrons. The Kier molecular flexibility index (Phi) is 7.90. The fraction of sp³-hybridized carbons (Fsp3) is 0.400. The van der Waals surface area contributed by atoms with Crippen LogP contribution in [0.25, 0.3) is 0 Å². The van der Waals surface area contributed by atoms with E-state index in [-0.39, 0.29) is 12.3 Å². The Bertz CT molecular complexity index is 808. The molecular formula is C20H27N5O4. The van der Waals surface area contributed by atoms with Crippen LogP contribution in [0.4, 0.5) is 0 Å². The maximum Gasteiger partial charge on any atom is 0.326 e. The molecule has 3 unspecified atom stereocenters. The number of rotatable bonds is 10. The van der Waals surface area contributed by atoms with Gasteiger partial charge in [0.25, 0.3) is 0 Å². The molecule has 2 amide bonds. The number of H-pyrrole nitrogens is 1. The summed E-state index contributed by atoms with van der Waals surface area (Å²) in [5.41, 5.74) is 7.47. The highest BCUT2D eigenvalue weighted by Crippen LogP contribution is 2.07. The molecule has 6 N–H and O–H groups in total. The number of benzene rings is 1. The summed E-state index contributed by atoms with van der Waals surface area (Å²) in [6.45, 7) is 3.52. The quantitative estimate of drug-likeness (QED) is 0.385. The third-order valence-electron chi connectivity index (χ3n) is 4.48. The zero-order valence-electron chi connectivity index (χ0n) is 16.5. The summed E-state index contributed by atoms with van der Waals surface area (Å²) in [6, 6.07) is 6.43. The summed E-state index contributed by atoms with van der Waals surface area (Å²) in [6.07, 6.45) is 3.30. The van der Waals surface area contributed by atoms with E-state index in [1.807, 2.05) is 30.3 Å². The normalized spacial score (nSPS) is 14.1. The summed E-state index contributed by atoms with van der Waals surface area (Å²) < 4.78 is 0. The summed E-state index contributed by atoms with van der Waals surface area (Å²) in [4.78, 5) is 43.4. The number of hydrogen-bond acceptors (Lipinski definition) is 5. The lowest BCUT2D eigenvalue weighted by atomic mass is 10.0. The minimum atomic E-state index is -1.18. The molecule has 1 aromatic carbocycles. The van der Waals surface area contributed by atoms with Gasteiger partial charge in [0.1, 0.15) is 12.1 Å². The van der Waals surface area contributed by atoms with E-state index < -0.39 is 35.9 Å². The molecule has 0 bridgehead atoms. The van der Waals surface area contributed by atoms with E-state index in [0.717, 1.165) is 5.56 Å². The molecule has 0 fully saturated rings. The minimum absolute atomic E-state index is 0.0490. The van der Waals surface area contributed by atoms with E-state index in [2.05, 4.69) is 20.6 Å². The van der Waals surface area contributed by atoms with Crippen molar-refractivity contribution >= 4 is 17.8 Å². The highest BCUT2D eigenvalue weighted by Gasteiger charge is 2.30. The van der Waals surface area contributed by atoms with Crippen molar-refractivity contribution in [1.82, 2.24) is 20.6 Å². The highest BCUT2D eigenvalue weighted by atomic mass is 16.4. The van der Waals surface area contributed by atoms with Gasteiger partial charge >= 0.3 is 5.97 Å². The monoisotopic (exact) mass is 401 g/mol. The molecule has 0 spiro atoms. The Hall–Kier alpha value is -3.20. The second kappa shape index (κ2) is 10.4. The smallest absolute Gasteiger partial charge is 0.326 e. The average Bonchev–Trinajstić information content (AvgIpc) is 3.18. The first kappa shape index (κ1) is 22.1. The van der Waals surface area contributed by atoms with Crippen molar-refractivity contribution < 1.29 is 19.5 Å². The first-order valence-electron chi connectivity index (χ1n) is 9.38. The van der Waals surface area contributed by atoms with Gasteiger partial charge in [-0.3, -0.25) is 9.59 Å². The lowest BCUT2D eigenvalue weighted by Gasteiger charge is -2.25. The molecule has 2 rings (SSSR count). The Balaban J connectivity index is 2.00. The summed E-state index contributed by atoms with van der Waals surface area (Å²) in [5.74, 6) is -2.48. The molecule has 0 saturated heterocycles. The van der Waals surface area contributed by atoms with Crippen molar-refractivity contribution in [3.63, 3.8) is 0 Å². The van der Waals surface area contributed by atoms with Gasteiger partial charge in [-0.25, -0.2) is 9.78 Å². The van der Waals surface area contributed by atoms with Crippen LogP contribution in [0, 0.1) is 5.92 Å². The second-order valence-corrected chi connectivity index (χ2v) is 7.21. The predicted molar refractivity (Wildman–Crippen MR) is 107 cm³/mol. The molecule has 0 radical (unpaired) electrons. The van der Waals surface area contributed by atoms with E-state index >= 15 is 0 Å². The lowest BCUT2D eigenvalue weighted by Crippen LogP contribution is -2.56. The Labute approximate surface area is 169 Å². The van der Waals surface area contributed by atoms with E-state index in [4.69, 9.17) is 5.73 Å². The number of carboxylic acids is 1. The first-order valence-corrected chi connectivity index (χ1v) is 9.38. The number of nitrogens with one attached hydrogen (secondary N) is 3. The molecule has 9 nitrogen and oxygen atoms in total. The van der Waals surface area contributed by atoms with E-state index in [9.17, 15) is 19.5 Å². The maximum absolute atomic E-state index is 12.7. The molecule has 0 saturated carbocycles. The molecule has 1 aromatic heterocycles. The van der Waals surface area contributed by atoms with Crippen molar-refractivity contribution in [2.24, 2.45) is 11.7 Å². The largest absolute Gasteiger partial charge is 0.480 e. The molecule has 0 aliphatic rings. The van der Waals surface area contributed by atoms with Gasteiger partial charge in [-0.05, 0) is 17.9 Å². The molecule has 2 aromatic rings. The van der Waals surface area contributed by atoms with Crippen molar-refractivity contribution in [3.05, 3.63) is 54.1 Å². The van der Waals surface area contributed by atoms with Gasteiger partial charge in [-0.15, -0.1) is 0 Å². The van der Waals surface area contributed by atoms with Gasteiger partial charge in [-0.1, -0.05) is 44.2 Å². The second-order valence-electron chi connectivity index (χ2n) is 7.21. The van der Waals surface area contributed by atoms with Crippen molar-refractivity contribution in [1.29, 1.82) is 0 Å². The zero-order valence-corrected chi connectivity index (χ0v) is 16.5. The third kappa shape index (κ3) is 6.72. The van der Waals surface area contributed by atoms with E-state index in [1.54, 1.807) is 13.8 Å². The number of aromatic nitrogens is 2. The van der Waals surface area contributed by atoms with Gasteiger partial charge in [0, 0.05) is 18.3 Å². The topological polar surface area (TPSA) is 150 Å². The molecule has 3 atom stereocenters. The predicted octanol–water partition coefficient (Wildman–Crippen LogP) is 0.232.